The Morgan fingerprint density at radius 2 is 1.94 bits per heavy atom. The molecule has 7 heteroatoms. The highest BCUT2D eigenvalue weighted by Crippen LogP contribution is 2.38. The number of hydrogen-bond donors (Lipinski definition) is 0. The number of nitrogens with zero attached hydrogens (tertiary/aromatic N) is 2. The number of piperidine rings is 1. The summed E-state index contributed by atoms with van der Waals surface area (Å²) in [6.45, 7) is 4.91. The molecule has 3 heterocycles. The highest BCUT2D eigenvalue weighted by Gasteiger charge is 2.42. The van der Waals surface area contributed by atoms with Crippen LogP contribution in [0.3, 0.4) is 0 Å². The molecular weight excluding hydrogens is 431 g/mol. The minimum atomic E-state index is -0.589. The second-order valence-corrected chi connectivity index (χ2v) is 9.15. The quantitative estimate of drug-likeness (QED) is 0.550. The zero-order chi connectivity index (χ0) is 22.3. The molecule has 0 aliphatic carbocycles. The summed E-state index contributed by atoms with van der Waals surface area (Å²) in [6.07, 6.45) is 3.07. The smallest absolute Gasteiger partial charge is 0.263 e. The molecule has 1 unspecified atom stereocenters. The van der Waals surface area contributed by atoms with Crippen LogP contribution in [0, 0.1) is 11.2 Å². The first-order valence-corrected chi connectivity index (χ1v) is 11.2. The highest BCUT2D eigenvalue weighted by atomic mass is 35.5. The van der Waals surface area contributed by atoms with Crippen LogP contribution in [0.25, 0.3) is 22.0 Å². The van der Waals surface area contributed by atoms with Crippen LogP contribution < -0.4 is 4.74 Å². The Kier molecular flexibility index (Phi) is 5.51. The number of amides is 1. The van der Waals surface area contributed by atoms with Gasteiger partial charge in [-0.05, 0) is 61.7 Å². The molecule has 2 aliphatic rings. The van der Waals surface area contributed by atoms with E-state index in [1.165, 1.54) is 12.1 Å². The molecule has 2 aromatic carbocycles. The van der Waals surface area contributed by atoms with Gasteiger partial charge >= 0.3 is 0 Å². The number of halogens is 2. The van der Waals surface area contributed by atoms with Gasteiger partial charge in [0, 0.05) is 41.7 Å². The van der Waals surface area contributed by atoms with E-state index < -0.39 is 6.10 Å². The lowest BCUT2D eigenvalue weighted by Crippen LogP contribution is -2.53. The molecule has 32 heavy (non-hydrogen) atoms. The first kappa shape index (κ1) is 21.2. The van der Waals surface area contributed by atoms with E-state index in [4.69, 9.17) is 21.1 Å². The van der Waals surface area contributed by atoms with Gasteiger partial charge in [-0.2, -0.15) is 0 Å². The Morgan fingerprint density at radius 3 is 2.62 bits per heavy atom. The molecule has 2 aliphatic heterocycles. The highest BCUT2D eigenvalue weighted by molar-refractivity contribution is 6.33. The lowest BCUT2D eigenvalue weighted by atomic mass is 9.77. The molecule has 1 aromatic heterocycles. The lowest BCUT2D eigenvalue weighted by molar-refractivity contribution is -0.157. The van der Waals surface area contributed by atoms with Crippen LogP contribution in [0.15, 0.2) is 48.7 Å². The van der Waals surface area contributed by atoms with Crippen LogP contribution in [0.4, 0.5) is 4.39 Å². The van der Waals surface area contributed by atoms with E-state index >= 15 is 0 Å². The maximum absolute atomic E-state index is 13.5. The minimum Gasteiger partial charge on any atom is -0.481 e. The largest absolute Gasteiger partial charge is 0.481 e. The number of hydrogen-bond acceptors (Lipinski definition) is 4. The van der Waals surface area contributed by atoms with E-state index in [-0.39, 0.29) is 17.1 Å². The Hall–Kier alpha value is -2.70. The first-order chi connectivity index (χ1) is 15.4. The van der Waals surface area contributed by atoms with Gasteiger partial charge in [-0.3, -0.25) is 9.78 Å². The van der Waals surface area contributed by atoms with Gasteiger partial charge in [-0.25, -0.2) is 4.39 Å². The number of carbonyl (C=O) groups excluding carboxylic acids is 1. The molecule has 0 N–H and O–H groups in total. The number of fused-ring (bicyclic) bond motifs is 1. The number of likely N-dealkylation sites (tertiary alicyclic amines) is 1. The minimum absolute atomic E-state index is 0.00000679. The van der Waals surface area contributed by atoms with Crippen molar-refractivity contribution in [3.05, 3.63) is 59.5 Å². The predicted molar refractivity (Wildman–Crippen MR) is 121 cm³/mol. The van der Waals surface area contributed by atoms with Crippen molar-refractivity contribution in [1.82, 2.24) is 9.88 Å². The number of pyridine rings is 1. The summed E-state index contributed by atoms with van der Waals surface area (Å²) in [5, 5.41) is 1.21. The van der Waals surface area contributed by atoms with Crippen molar-refractivity contribution in [1.29, 1.82) is 0 Å². The van der Waals surface area contributed by atoms with Crippen LogP contribution in [-0.2, 0) is 9.53 Å². The van der Waals surface area contributed by atoms with E-state index in [1.807, 2.05) is 29.2 Å². The fourth-order valence-corrected chi connectivity index (χ4v) is 4.81. The van der Waals surface area contributed by atoms with Gasteiger partial charge in [0.25, 0.3) is 5.91 Å². The van der Waals surface area contributed by atoms with Gasteiger partial charge in [0.15, 0.2) is 6.10 Å². The second kappa shape index (κ2) is 8.34. The molecule has 0 saturated carbocycles. The van der Waals surface area contributed by atoms with Crippen LogP contribution in [0.2, 0.25) is 5.02 Å². The standard InChI is InChI=1S/C25H24ClFN2O3/c1-16(24(30)29-10-7-25(8-11-29)14-31-15-25)32-18-3-5-21-19(6-9-28-23(21)13-18)20-4-2-17(27)12-22(20)26/h2-6,9,12-13,16H,7-8,10-11,14-15H2,1H3. The maximum Gasteiger partial charge on any atom is 0.263 e. The van der Waals surface area contributed by atoms with Gasteiger partial charge in [0.1, 0.15) is 11.6 Å². The average molecular weight is 455 g/mol. The Balaban J connectivity index is 1.32. The number of rotatable bonds is 4. The third-order valence-corrected chi connectivity index (χ3v) is 6.86. The predicted octanol–water partition coefficient (Wildman–Crippen LogP) is 5.10. The van der Waals surface area contributed by atoms with E-state index in [9.17, 15) is 9.18 Å². The van der Waals surface area contributed by atoms with Crippen LogP contribution in [0.5, 0.6) is 5.75 Å². The van der Waals surface area contributed by atoms with Gasteiger partial charge in [0.05, 0.1) is 23.8 Å². The molecule has 2 fully saturated rings. The molecule has 166 valence electrons. The molecule has 2 saturated heterocycles. The SMILES string of the molecule is CC(Oc1ccc2c(-c3ccc(F)cc3Cl)ccnc2c1)C(=O)N1CCC2(CC1)COC2. The van der Waals surface area contributed by atoms with Gasteiger partial charge in [0.2, 0.25) is 0 Å². The first-order valence-electron chi connectivity index (χ1n) is 10.8. The average Bonchev–Trinajstić information content (AvgIpc) is 2.77. The lowest BCUT2D eigenvalue weighted by Gasteiger charge is -2.47. The number of aromatic nitrogens is 1. The molecule has 0 bridgehead atoms. The third kappa shape index (κ3) is 3.93. The fraction of sp³-hybridized carbons (Fsp3) is 0.360. The van der Waals surface area contributed by atoms with Gasteiger partial charge in [-0.15, -0.1) is 0 Å². The molecular formula is C25H24ClFN2O3. The monoisotopic (exact) mass is 454 g/mol. The zero-order valence-corrected chi connectivity index (χ0v) is 18.6. The summed E-state index contributed by atoms with van der Waals surface area (Å²) in [5.41, 5.74) is 2.59. The van der Waals surface area contributed by atoms with Crippen molar-refractivity contribution in [2.24, 2.45) is 5.41 Å². The summed E-state index contributed by atoms with van der Waals surface area (Å²) in [6, 6.07) is 11.7. The zero-order valence-electron chi connectivity index (χ0n) is 17.8. The van der Waals surface area contributed by atoms with Crippen LogP contribution in [-0.4, -0.2) is 48.2 Å². The van der Waals surface area contributed by atoms with Gasteiger partial charge in [-0.1, -0.05) is 11.6 Å². The maximum atomic E-state index is 13.5. The van der Waals surface area contributed by atoms with Crippen LogP contribution in [0.1, 0.15) is 19.8 Å². The Bertz CT molecular complexity index is 1170. The summed E-state index contributed by atoms with van der Waals surface area (Å²) in [5.74, 6) is 0.199. The number of carbonyl (C=O) groups is 1. The van der Waals surface area contributed by atoms with Crippen molar-refractivity contribution in [3.8, 4) is 16.9 Å². The van der Waals surface area contributed by atoms with Crippen molar-refractivity contribution in [2.75, 3.05) is 26.3 Å². The fourth-order valence-electron chi connectivity index (χ4n) is 4.54. The molecule has 5 nitrogen and oxygen atoms in total. The number of benzene rings is 2. The van der Waals surface area contributed by atoms with Crippen molar-refractivity contribution in [2.45, 2.75) is 25.9 Å². The van der Waals surface area contributed by atoms with E-state index in [0.29, 0.717) is 16.3 Å². The number of ether oxygens (including phenoxy) is 2. The summed E-state index contributed by atoms with van der Waals surface area (Å²) in [4.78, 5) is 19.2. The Labute approximate surface area is 191 Å². The third-order valence-electron chi connectivity index (χ3n) is 6.55. The van der Waals surface area contributed by atoms with Gasteiger partial charge < -0.3 is 14.4 Å². The van der Waals surface area contributed by atoms with Crippen LogP contribution >= 0.6 is 11.6 Å². The molecule has 1 amide bonds. The van der Waals surface area contributed by atoms with E-state index in [1.54, 1.807) is 19.2 Å². The van der Waals surface area contributed by atoms with E-state index in [0.717, 1.165) is 55.7 Å². The molecule has 0 radical (unpaired) electrons. The van der Waals surface area contributed by atoms with Crippen molar-refractivity contribution < 1.29 is 18.7 Å². The van der Waals surface area contributed by atoms with Crippen molar-refractivity contribution >= 4 is 28.4 Å². The normalized spacial score (nSPS) is 18.4. The van der Waals surface area contributed by atoms with E-state index in [2.05, 4.69) is 4.98 Å². The topological polar surface area (TPSA) is 51.7 Å². The Morgan fingerprint density at radius 1 is 1.16 bits per heavy atom. The van der Waals surface area contributed by atoms with Crippen molar-refractivity contribution in [3.63, 3.8) is 0 Å². The summed E-state index contributed by atoms with van der Waals surface area (Å²) < 4.78 is 24.8. The molecule has 1 atom stereocenters. The molecule has 5 rings (SSSR count). The summed E-state index contributed by atoms with van der Waals surface area (Å²) in [7, 11) is 0. The molecule has 3 aromatic rings. The molecule has 1 spiro atoms. The summed E-state index contributed by atoms with van der Waals surface area (Å²) >= 11 is 6.27. The second-order valence-electron chi connectivity index (χ2n) is 8.74.